The molecule has 0 saturated heterocycles. The minimum Gasteiger partial charge on any atom is -0.453 e. The van der Waals surface area contributed by atoms with Gasteiger partial charge in [0, 0.05) is 11.1 Å². The molecule has 1 aliphatic heterocycles. The SMILES string of the molecule is Cc1c(C2(N)CCCCC2)cc(Br)c2c1OCO2. The highest BCUT2D eigenvalue weighted by atomic mass is 79.9. The minimum atomic E-state index is -0.203. The second-order valence-corrected chi connectivity index (χ2v) is 6.17. The summed E-state index contributed by atoms with van der Waals surface area (Å²) in [5.74, 6) is 1.67. The van der Waals surface area contributed by atoms with Crippen LogP contribution in [0, 0.1) is 6.92 Å². The van der Waals surface area contributed by atoms with E-state index in [9.17, 15) is 0 Å². The Balaban J connectivity index is 2.10. The number of nitrogens with two attached hydrogens (primary N) is 1. The lowest BCUT2D eigenvalue weighted by atomic mass is 9.76. The average molecular weight is 312 g/mol. The highest BCUT2D eigenvalue weighted by Crippen LogP contribution is 2.47. The summed E-state index contributed by atoms with van der Waals surface area (Å²) in [6.07, 6.45) is 5.83. The lowest BCUT2D eigenvalue weighted by Crippen LogP contribution is -2.39. The number of fused-ring (bicyclic) bond motifs is 1. The van der Waals surface area contributed by atoms with Gasteiger partial charge in [-0.25, -0.2) is 0 Å². The second-order valence-electron chi connectivity index (χ2n) is 5.31. The molecular weight excluding hydrogens is 294 g/mol. The van der Waals surface area contributed by atoms with Crippen LogP contribution < -0.4 is 15.2 Å². The van der Waals surface area contributed by atoms with Crippen molar-refractivity contribution in [3.8, 4) is 11.5 Å². The van der Waals surface area contributed by atoms with Gasteiger partial charge in [-0.1, -0.05) is 19.3 Å². The predicted molar refractivity (Wildman–Crippen MR) is 74.0 cm³/mol. The zero-order valence-corrected chi connectivity index (χ0v) is 12.2. The van der Waals surface area contributed by atoms with E-state index in [1.54, 1.807) is 0 Å². The lowest BCUT2D eigenvalue weighted by Gasteiger charge is -2.35. The van der Waals surface area contributed by atoms with E-state index in [4.69, 9.17) is 15.2 Å². The Morgan fingerprint density at radius 1 is 1.17 bits per heavy atom. The van der Waals surface area contributed by atoms with E-state index in [1.807, 2.05) is 0 Å². The molecule has 0 radical (unpaired) electrons. The van der Waals surface area contributed by atoms with Crippen LogP contribution in [0.25, 0.3) is 0 Å². The Morgan fingerprint density at radius 2 is 1.83 bits per heavy atom. The summed E-state index contributed by atoms with van der Waals surface area (Å²) in [5, 5.41) is 0. The van der Waals surface area contributed by atoms with Crippen molar-refractivity contribution in [2.75, 3.05) is 6.79 Å². The highest BCUT2D eigenvalue weighted by Gasteiger charge is 2.34. The van der Waals surface area contributed by atoms with Gasteiger partial charge in [0.05, 0.1) is 4.47 Å². The normalized spacial score (nSPS) is 21.1. The molecule has 3 rings (SSSR count). The van der Waals surface area contributed by atoms with Crippen LogP contribution in [0.5, 0.6) is 11.5 Å². The summed E-state index contributed by atoms with van der Waals surface area (Å²) in [4.78, 5) is 0. The minimum absolute atomic E-state index is 0.203. The van der Waals surface area contributed by atoms with Gasteiger partial charge in [-0.05, 0) is 47.3 Å². The van der Waals surface area contributed by atoms with E-state index in [1.165, 1.54) is 24.8 Å². The highest BCUT2D eigenvalue weighted by molar-refractivity contribution is 9.10. The summed E-state index contributed by atoms with van der Waals surface area (Å²) in [7, 11) is 0. The van der Waals surface area contributed by atoms with Crippen molar-refractivity contribution >= 4 is 15.9 Å². The van der Waals surface area contributed by atoms with Gasteiger partial charge in [-0.3, -0.25) is 0 Å². The molecule has 1 fully saturated rings. The standard InChI is InChI=1S/C14H18BrNO2/c1-9-10(14(16)5-3-2-4-6-14)7-11(15)13-12(9)17-8-18-13/h7H,2-6,8,16H2,1H3. The predicted octanol–water partition coefficient (Wildman–Crippen LogP) is 3.60. The number of ether oxygens (including phenoxy) is 2. The third kappa shape index (κ3) is 1.82. The van der Waals surface area contributed by atoms with Crippen molar-refractivity contribution in [3.63, 3.8) is 0 Å². The Kier molecular flexibility index (Phi) is 3.02. The van der Waals surface area contributed by atoms with E-state index in [0.29, 0.717) is 6.79 Å². The first-order valence-corrected chi connectivity index (χ1v) is 7.29. The maximum absolute atomic E-state index is 6.63. The smallest absolute Gasteiger partial charge is 0.231 e. The average Bonchev–Trinajstić information content (AvgIpc) is 2.84. The molecule has 0 bridgehead atoms. The fourth-order valence-electron chi connectivity index (χ4n) is 3.13. The number of rotatable bonds is 1. The van der Waals surface area contributed by atoms with Gasteiger partial charge < -0.3 is 15.2 Å². The number of halogens is 1. The first-order valence-electron chi connectivity index (χ1n) is 6.50. The molecule has 2 N–H and O–H groups in total. The number of hydrogen-bond donors (Lipinski definition) is 1. The molecule has 1 saturated carbocycles. The molecule has 1 heterocycles. The Bertz CT molecular complexity index is 481. The van der Waals surface area contributed by atoms with E-state index in [2.05, 4.69) is 28.9 Å². The van der Waals surface area contributed by atoms with Gasteiger partial charge in [-0.2, -0.15) is 0 Å². The number of hydrogen-bond acceptors (Lipinski definition) is 3. The Labute approximate surface area is 116 Å². The van der Waals surface area contributed by atoms with Crippen LogP contribution in [-0.4, -0.2) is 6.79 Å². The molecule has 0 unspecified atom stereocenters. The van der Waals surface area contributed by atoms with Crippen LogP contribution >= 0.6 is 15.9 Å². The van der Waals surface area contributed by atoms with Crippen molar-refractivity contribution in [1.29, 1.82) is 0 Å². The van der Waals surface area contributed by atoms with Gasteiger partial charge in [-0.15, -0.1) is 0 Å². The fraction of sp³-hybridized carbons (Fsp3) is 0.571. The van der Waals surface area contributed by atoms with Crippen LogP contribution in [-0.2, 0) is 5.54 Å². The summed E-state index contributed by atoms with van der Waals surface area (Å²) in [5.41, 5.74) is 8.77. The van der Waals surface area contributed by atoms with Crippen LogP contribution in [0.4, 0.5) is 0 Å². The molecule has 1 aromatic rings. The molecule has 1 aromatic carbocycles. The van der Waals surface area contributed by atoms with Crippen LogP contribution in [0.2, 0.25) is 0 Å². The monoisotopic (exact) mass is 311 g/mol. The molecule has 18 heavy (non-hydrogen) atoms. The summed E-state index contributed by atoms with van der Waals surface area (Å²) in [6.45, 7) is 2.38. The van der Waals surface area contributed by atoms with Crippen molar-refractivity contribution < 1.29 is 9.47 Å². The van der Waals surface area contributed by atoms with Gasteiger partial charge >= 0.3 is 0 Å². The first-order chi connectivity index (χ1) is 8.62. The van der Waals surface area contributed by atoms with E-state index in [-0.39, 0.29) is 5.54 Å². The van der Waals surface area contributed by atoms with Gasteiger partial charge in [0.15, 0.2) is 11.5 Å². The molecule has 98 valence electrons. The molecule has 0 aromatic heterocycles. The largest absolute Gasteiger partial charge is 0.453 e. The molecule has 0 atom stereocenters. The van der Waals surface area contributed by atoms with Crippen molar-refractivity contribution in [1.82, 2.24) is 0 Å². The maximum Gasteiger partial charge on any atom is 0.231 e. The molecule has 0 amide bonds. The maximum atomic E-state index is 6.63. The van der Waals surface area contributed by atoms with E-state index >= 15 is 0 Å². The Hall–Kier alpha value is -0.740. The first kappa shape index (κ1) is 12.3. The molecule has 1 aliphatic carbocycles. The summed E-state index contributed by atoms with van der Waals surface area (Å²) < 4.78 is 12.0. The van der Waals surface area contributed by atoms with Crippen molar-refractivity contribution in [2.24, 2.45) is 5.73 Å². The zero-order chi connectivity index (χ0) is 12.8. The van der Waals surface area contributed by atoms with E-state index < -0.39 is 0 Å². The molecule has 0 spiro atoms. The van der Waals surface area contributed by atoms with Crippen molar-refractivity contribution in [3.05, 3.63) is 21.7 Å². The zero-order valence-electron chi connectivity index (χ0n) is 10.6. The van der Waals surface area contributed by atoms with Gasteiger partial charge in [0.25, 0.3) is 0 Å². The topological polar surface area (TPSA) is 44.5 Å². The molecule has 4 heteroatoms. The molecule has 2 aliphatic rings. The van der Waals surface area contributed by atoms with Crippen molar-refractivity contribution in [2.45, 2.75) is 44.6 Å². The molecule has 3 nitrogen and oxygen atoms in total. The van der Waals surface area contributed by atoms with Crippen LogP contribution in [0.1, 0.15) is 43.2 Å². The quantitative estimate of drug-likeness (QED) is 0.861. The summed E-state index contributed by atoms with van der Waals surface area (Å²) >= 11 is 3.56. The fourth-order valence-corrected chi connectivity index (χ4v) is 3.65. The third-order valence-electron chi connectivity index (χ3n) is 4.13. The van der Waals surface area contributed by atoms with Crippen LogP contribution in [0.3, 0.4) is 0 Å². The lowest BCUT2D eigenvalue weighted by molar-refractivity contribution is 0.173. The van der Waals surface area contributed by atoms with Gasteiger partial charge in [0.1, 0.15) is 0 Å². The van der Waals surface area contributed by atoms with E-state index in [0.717, 1.165) is 34.4 Å². The molecular formula is C14H18BrNO2. The number of benzene rings is 1. The summed E-state index contributed by atoms with van der Waals surface area (Å²) in [6, 6.07) is 2.12. The Morgan fingerprint density at radius 3 is 2.56 bits per heavy atom. The van der Waals surface area contributed by atoms with Crippen LogP contribution in [0.15, 0.2) is 10.5 Å². The second kappa shape index (κ2) is 4.42. The third-order valence-corrected chi connectivity index (χ3v) is 4.72. The van der Waals surface area contributed by atoms with Gasteiger partial charge in [0.2, 0.25) is 6.79 Å².